The van der Waals surface area contributed by atoms with Crippen LogP contribution >= 0.6 is 0 Å². The summed E-state index contributed by atoms with van der Waals surface area (Å²) in [5, 5.41) is 14.5. The molecule has 2 heterocycles. The summed E-state index contributed by atoms with van der Waals surface area (Å²) >= 11 is 0. The van der Waals surface area contributed by atoms with Crippen molar-refractivity contribution in [3.8, 4) is 0 Å². The van der Waals surface area contributed by atoms with Crippen molar-refractivity contribution in [1.29, 1.82) is 0 Å². The number of likely N-dealkylation sites (N-methyl/N-ethyl adjacent to an activating group) is 1. The fraction of sp³-hybridized carbons (Fsp3) is 0.778. The SMILES string of the molecule is CNc1nnc(C2COCC2NC)n1C. The van der Waals surface area contributed by atoms with Gasteiger partial charge in [0.2, 0.25) is 5.95 Å². The average Bonchev–Trinajstić information content (AvgIpc) is 2.83. The van der Waals surface area contributed by atoms with Gasteiger partial charge in [0.15, 0.2) is 0 Å². The van der Waals surface area contributed by atoms with Gasteiger partial charge in [-0.2, -0.15) is 0 Å². The first-order valence-corrected chi connectivity index (χ1v) is 5.10. The maximum Gasteiger partial charge on any atom is 0.224 e. The molecule has 1 aromatic heterocycles. The van der Waals surface area contributed by atoms with Crippen molar-refractivity contribution in [3.63, 3.8) is 0 Å². The molecule has 0 spiro atoms. The minimum atomic E-state index is 0.287. The van der Waals surface area contributed by atoms with Crippen molar-refractivity contribution in [2.45, 2.75) is 12.0 Å². The Morgan fingerprint density at radius 3 is 2.73 bits per heavy atom. The zero-order valence-corrected chi connectivity index (χ0v) is 9.32. The van der Waals surface area contributed by atoms with Gasteiger partial charge in [-0.25, -0.2) is 0 Å². The van der Waals surface area contributed by atoms with Crippen molar-refractivity contribution >= 4 is 5.95 Å². The van der Waals surface area contributed by atoms with Gasteiger partial charge in [0.1, 0.15) is 5.82 Å². The van der Waals surface area contributed by atoms with E-state index in [4.69, 9.17) is 4.74 Å². The molecule has 6 nitrogen and oxygen atoms in total. The van der Waals surface area contributed by atoms with Crippen molar-refractivity contribution in [2.75, 3.05) is 32.6 Å². The molecule has 0 bridgehead atoms. The highest BCUT2D eigenvalue weighted by atomic mass is 16.5. The molecule has 0 aliphatic carbocycles. The van der Waals surface area contributed by atoms with Gasteiger partial charge in [-0.05, 0) is 7.05 Å². The zero-order chi connectivity index (χ0) is 10.8. The van der Waals surface area contributed by atoms with E-state index in [1.165, 1.54) is 0 Å². The second-order valence-electron chi connectivity index (χ2n) is 3.73. The van der Waals surface area contributed by atoms with Crippen LogP contribution in [-0.2, 0) is 11.8 Å². The van der Waals surface area contributed by atoms with E-state index in [1.54, 1.807) is 0 Å². The fourth-order valence-corrected chi connectivity index (χ4v) is 1.98. The van der Waals surface area contributed by atoms with Crippen molar-refractivity contribution in [2.24, 2.45) is 7.05 Å². The third-order valence-corrected chi connectivity index (χ3v) is 2.92. The molecule has 1 fully saturated rings. The molecule has 1 aliphatic rings. The molecule has 0 aromatic carbocycles. The normalized spacial score (nSPS) is 25.8. The summed E-state index contributed by atoms with van der Waals surface area (Å²) in [5.41, 5.74) is 0. The molecule has 6 heteroatoms. The van der Waals surface area contributed by atoms with Crippen molar-refractivity contribution in [3.05, 3.63) is 5.82 Å². The molecule has 84 valence electrons. The number of nitrogens with one attached hydrogen (secondary N) is 2. The van der Waals surface area contributed by atoms with E-state index in [1.807, 2.05) is 25.7 Å². The smallest absolute Gasteiger partial charge is 0.224 e. The monoisotopic (exact) mass is 211 g/mol. The lowest BCUT2D eigenvalue weighted by Gasteiger charge is -2.15. The third kappa shape index (κ3) is 1.70. The summed E-state index contributed by atoms with van der Waals surface area (Å²) in [6.45, 7) is 1.45. The number of aromatic nitrogens is 3. The molecule has 1 aromatic rings. The van der Waals surface area contributed by atoms with Gasteiger partial charge >= 0.3 is 0 Å². The van der Waals surface area contributed by atoms with Crippen LogP contribution in [0.25, 0.3) is 0 Å². The highest BCUT2D eigenvalue weighted by Crippen LogP contribution is 2.24. The fourth-order valence-electron chi connectivity index (χ4n) is 1.98. The molecule has 2 N–H and O–H groups in total. The topological polar surface area (TPSA) is 64.0 Å². The van der Waals surface area contributed by atoms with Crippen LogP contribution in [0.4, 0.5) is 5.95 Å². The first-order valence-electron chi connectivity index (χ1n) is 5.10. The summed E-state index contributed by atoms with van der Waals surface area (Å²) in [4.78, 5) is 0. The molecule has 0 radical (unpaired) electrons. The lowest BCUT2D eigenvalue weighted by molar-refractivity contribution is 0.188. The molecule has 0 amide bonds. The Morgan fingerprint density at radius 1 is 1.33 bits per heavy atom. The molecule has 0 saturated carbocycles. The van der Waals surface area contributed by atoms with E-state index in [0.29, 0.717) is 12.6 Å². The van der Waals surface area contributed by atoms with Crippen LogP contribution in [0.15, 0.2) is 0 Å². The Hall–Kier alpha value is -1.14. The Labute approximate surface area is 89.0 Å². The number of anilines is 1. The summed E-state index contributed by atoms with van der Waals surface area (Å²) in [6, 6.07) is 0.331. The standard InChI is InChI=1S/C9H17N5O/c1-10-7-5-15-4-6(7)8-12-13-9(11-2)14(8)3/h6-7,10H,4-5H2,1-3H3,(H,11,13). The first-order chi connectivity index (χ1) is 7.27. The maximum atomic E-state index is 5.45. The molecule has 1 aliphatic heterocycles. The van der Waals surface area contributed by atoms with Gasteiger partial charge in [0.25, 0.3) is 0 Å². The van der Waals surface area contributed by atoms with E-state index in [9.17, 15) is 0 Å². The maximum absolute atomic E-state index is 5.45. The molecule has 1 saturated heterocycles. The van der Waals surface area contributed by atoms with Crippen LogP contribution in [0.5, 0.6) is 0 Å². The lowest BCUT2D eigenvalue weighted by Crippen LogP contribution is -2.32. The Morgan fingerprint density at radius 2 is 2.13 bits per heavy atom. The van der Waals surface area contributed by atoms with Crippen LogP contribution in [-0.4, -0.2) is 48.1 Å². The average molecular weight is 211 g/mol. The van der Waals surface area contributed by atoms with E-state index in [2.05, 4.69) is 20.8 Å². The van der Waals surface area contributed by atoms with Crippen LogP contribution in [0, 0.1) is 0 Å². The van der Waals surface area contributed by atoms with E-state index < -0.39 is 0 Å². The zero-order valence-electron chi connectivity index (χ0n) is 9.32. The van der Waals surface area contributed by atoms with Gasteiger partial charge in [-0.15, -0.1) is 10.2 Å². The number of ether oxygens (including phenoxy) is 1. The predicted molar refractivity (Wildman–Crippen MR) is 57.0 cm³/mol. The van der Waals surface area contributed by atoms with Gasteiger partial charge in [0, 0.05) is 20.1 Å². The summed E-state index contributed by atoms with van der Waals surface area (Å²) in [5.74, 6) is 2.04. The Bertz CT molecular complexity index is 337. The number of nitrogens with zero attached hydrogens (tertiary/aromatic N) is 3. The summed E-state index contributed by atoms with van der Waals surface area (Å²) in [6.07, 6.45) is 0. The van der Waals surface area contributed by atoms with Crippen molar-refractivity contribution in [1.82, 2.24) is 20.1 Å². The van der Waals surface area contributed by atoms with Crippen LogP contribution in [0.3, 0.4) is 0 Å². The number of hydrogen-bond acceptors (Lipinski definition) is 5. The highest BCUT2D eigenvalue weighted by molar-refractivity contribution is 5.25. The van der Waals surface area contributed by atoms with Gasteiger partial charge in [0.05, 0.1) is 19.1 Å². The van der Waals surface area contributed by atoms with Gasteiger partial charge < -0.3 is 19.9 Å². The third-order valence-electron chi connectivity index (χ3n) is 2.92. The minimum Gasteiger partial charge on any atom is -0.379 e. The predicted octanol–water partition coefficient (Wildman–Crippen LogP) is -0.441. The number of hydrogen-bond donors (Lipinski definition) is 2. The summed E-state index contributed by atoms with van der Waals surface area (Å²) < 4.78 is 7.42. The first kappa shape index (κ1) is 10.4. The van der Waals surface area contributed by atoms with Crippen LogP contribution in [0.2, 0.25) is 0 Å². The second kappa shape index (κ2) is 4.16. The van der Waals surface area contributed by atoms with Crippen LogP contribution in [0.1, 0.15) is 11.7 Å². The van der Waals surface area contributed by atoms with Crippen LogP contribution < -0.4 is 10.6 Å². The molecular weight excluding hydrogens is 194 g/mol. The number of rotatable bonds is 3. The molecule has 15 heavy (non-hydrogen) atoms. The van der Waals surface area contributed by atoms with E-state index in [-0.39, 0.29) is 5.92 Å². The van der Waals surface area contributed by atoms with Gasteiger partial charge in [-0.3, -0.25) is 0 Å². The largest absolute Gasteiger partial charge is 0.379 e. The van der Waals surface area contributed by atoms with E-state index >= 15 is 0 Å². The molecule has 2 atom stereocenters. The highest BCUT2D eigenvalue weighted by Gasteiger charge is 2.32. The lowest BCUT2D eigenvalue weighted by atomic mass is 10.0. The van der Waals surface area contributed by atoms with Gasteiger partial charge in [-0.1, -0.05) is 0 Å². The second-order valence-corrected chi connectivity index (χ2v) is 3.73. The minimum absolute atomic E-state index is 0.287. The Balaban J connectivity index is 2.24. The summed E-state index contributed by atoms with van der Waals surface area (Å²) in [7, 11) is 5.75. The Kier molecular flexibility index (Phi) is 2.88. The quantitative estimate of drug-likeness (QED) is 0.709. The molecule has 2 rings (SSSR count). The van der Waals surface area contributed by atoms with E-state index in [0.717, 1.165) is 18.4 Å². The molecule has 2 unspecified atom stereocenters. The van der Waals surface area contributed by atoms with Crippen molar-refractivity contribution < 1.29 is 4.74 Å². The molecular formula is C9H17N5O.